The lowest BCUT2D eigenvalue weighted by Gasteiger charge is -2.15. The Bertz CT molecular complexity index is 702. The van der Waals surface area contributed by atoms with Crippen LogP contribution in [-0.4, -0.2) is 38.0 Å². The first kappa shape index (κ1) is 16.6. The average Bonchev–Trinajstić information content (AvgIpc) is 2.93. The number of nitrogens with zero attached hydrogens (tertiary/aromatic N) is 1. The smallest absolute Gasteiger partial charge is 0.341 e. The maximum absolute atomic E-state index is 12.4. The Morgan fingerprint density at radius 3 is 2.39 bits per heavy atom. The Morgan fingerprint density at radius 2 is 1.83 bits per heavy atom. The molecule has 0 atom stereocenters. The lowest BCUT2D eigenvalue weighted by Crippen LogP contribution is -2.25. The van der Waals surface area contributed by atoms with Crippen molar-refractivity contribution in [2.24, 2.45) is 0 Å². The van der Waals surface area contributed by atoms with Crippen LogP contribution in [0.15, 0.2) is 34.7 Å². The van der Waals surface area contributed by atoms with Gasteiger partial charge in [-0.2, -0.15) is 0 Å². The monoisotopic (exact) mass is 317 g/mol. The summed E-state index contributed by atoms with van der Waals surface area (Å²) in [6.07, 6.45) is 0. The third-order valence-corrected chi connectivity index (χ3v) is 3.45. The van der Waals surface area contributed by atoms with Crippen LogP contribution in [0.4, 0.5) is 0 Å². The topological polar surface area (TPSA) is 69.0 Å². The quantitative estimate of drug-likeness (QED) is 0.793. The van der Waals surface area contributed by atoms with Gasteiger partial charge in [0.15, 0.2) is 0 Å². The Hall–Kier alpha value is -2.76. The van der Waals surface area contributed by atoms with Crippen LogP contribution in [0.25, 0.3) is 0 Å². The fraction of sp³-hybridized carbons (Fsp3) is 0.294. The maximum atomic E-state index is 12.4. The second-order valence-corrected chi connectivity index (χ2v) is 5.06. The minimum Gasteiger partial charge on any atom is -0.497 e. The van der Waals surface area contributed by atoms with Crippen LogP contribution < -0.4 is 4.74 Å². The highest BCUT2D eigenvalue weighted by atomic mass is 16.5. The Kier molecular flexibility index (Phi) is 5.05. The van der Waals surface area contributed by atoms with Gasteiger partial charge in [0.05, 0.1) is 20.8 Å². The summed E-state index contributed by atoms with van der Waals surface area (Å²) in [6.45, 7) is 1.93. The van der Waals surface area contributed by atoms with E-state index in [1.54, 1.807) is 51.4 Å². The summed E-state index contributed by atoms with van der Waals surface area (Å²) in [6, 6.07) is 8.45. The summed E-state index contributed by atoms with van der Waals surface area (Å²) in [5.74, 6) is 1.07. The highest BCUT2D eigenvalue weighted by Gasteiger charge is 2.18. The molecule has 0 fully saturated rings. The zero-order valence-electron chi connectivity index (χ0n) is 13.6. The van der Waals surface area contributed by atoms with Gasteiger partial charge in [-0.15, -0.1) is 0 Å². The van der Waals surface area contributed by atoms with Crippen LogP contribution in [0, 0.1) is 6.92 Å². The molecule has 0 spiro atoms. The lowest BCUT2D eigenvalue weighted by molar-refractivity contribution is 0.0598. The fourth-order valence-electron chi connectivity index (χ4n) is 2.19. The Labute approximate surface area is 134 Å². The molecule has 0 aliphatic carbocycles. The number of amides is 1. The molecule has 1 aromatic carbocycles. The van der Waals surface area contributed by atoms with Crippen molar-refractivity contribution in [1.82, 2.24) is 4.90 Å². The van der Waals surface area contributed by atoms with Crippen molar-refractivity contribution >= 4 is 11.9 Å². The van der Waals surface area contributed by atoms with Gasteiger partial charge in [-0.1, -0.05) is 0 Å². The number of benzene rings is 1. The van der Waals surface area contributed by atoms with Gasteiger partial charge in [-0.3, -0.25) is 4.79 Å². The van der Waals surface area contributed by atoms with Gasteiger partial charge in [0.1, 0.15) is 22.8 Å². The number of furan rings is 1. The van der Waals surface area contributed by atoms with E-state index in [4.69, 9.17) is 9.15 Å². The standard InChI is InChI=1S/C17H19NO5/c1-11-15(17(20)22-4)9-14(23-11)10-18(2)16(19)12-5-7-13(21-3)8-6-12/h5-9H,10H2,1-4H3. The largest absolute Gasteiger partial charge is 0.497 e. The van der Waals surface area contributed by atoms with E-state index >= 15 is 0 Å². The Morgan fingerprint density at radius 1 is 1.17 bits per heavy atom. The van der Waals surface area contributed by atoms with Gasteiger partial charge >= 0.3 is 5.97 Å². The molecule has 23 heavy (non-hydrogen) atoms. The molecule has 0 aliphatic heterocycles. The zero-order valence-corrected chi connectivity index (χ0v) is 13.6. The molecule has 0 saturated heterocycles. The maximum Gasteiger partial charge on any atom is 0.341 e. The molecular weight excluding hydrogens is 298 g/mol. The summed E-state index contributed by atoms with van der Waals surface area (Å²) >= 11 is 0. The van der Waals surface area contributed by atoms with Crippen molar-refractivity contribution < 1.29 is 23.5 Å². The molecule has 1 heterocycles. The van der Waals surface area contributed by atoms with E-state index in [1.807, 2.05) is 0 Å². The van der Waals surface area contributed by atoms with Crippen molar-refractivity contribution in [3.8, 4) is 5.75 Å². The number of ether oxygens (including phenoxy) is 2. The molecule has 0 bridgehead atoms. The number of carbonyl (C=O) groups is 2. The molecule has 0 radical (unpaired) electrons. The first-order valence-corrected chi connectivity index (χ1v) is 7.03. The summed E-state index contributed by atoms with van der Waals surface area (Å²) in [5.41, 5.74) is 0.914. The molecule has 6 heteroatoms. The molecule has 0 saturated carbocycles. The first-order valence-electron chi connectivity index (χ1n) is 7.03. The number of hydrogen-bond donors (Lipinski definition) is 0. The van der Waals surface area contributed by atoms with E-state index in [1.165, 1.54) is 12.0 Å². The average molecular weight is 317 g/mol. The first-order chi connectivity index (χ1) is 11.0. The molecule has 0 aliphatic rings. The molecule has 0 unspecified atom stereocenters. The summed E-state index contributed by atoms with van der Waals surface area (Å²) in [4.78, 5) is 25.5. The number of rotatable bonds is 5. The summed E-state index contributed by atoms with van der Waals surface area (Å²) in [5, 5.41) is 0. The van der Waals surface area contributed by atoms with Crippen LogP contribution in [0.1, 0.15) is 32.2 Å². The van der Waals surface area contributed by atoms with Gasteiger partial charge in [0, 0.05) is 12.6 Å². The third kappa shape index (κ3) is 3.71. The van der Waals surface area contributed by atoms with Crippen LogP contribution in [0.3, 0.4) is 0 Å². The van der Waals surface area contributed by atoms with E-state index in [-0.39, 0.29) is 12.5 Å². The van der Waals surface area contributed by atoms with Gasteiger partial charge in [0.25, 0.3) is 5.91 Å². The predicted molar refractivity (Wildman–Crippen MR) is 83.6 cm³/mol. The third-order valence-electron chi connectivity index (χ3n) is 3.45. The van der Waals surface area contributed by atoms with E-state index in [9.17, 15) is 9.59 Å². The summed E-state index contributed by atoms with van der Waals surface area (Å²) < 4.78 is 15.3. The Balaban J connectivity index is 2.10. The molecule has 122 valence electrons. The number of methoxy groups -OCH3 is 2. The predicted octanol–water partition coefficient (Wildman–Crippen LogP) is 2.66. The van der Waals surface area contributed by atoms with Crippen LogP contribution >= 0.6 is 0 Å². The van der Waals surface area contributed by atoms with Gasteiger partial charge in [-0.05, 0) is 37.3 Å². The van der Waals surface area contributed by atoms with E-state index in [2.05, 4.69) is 4.74 Å². The fourth-order valence-corrected chi connectivity index (χ4v) is 2.19. The van der Waals surface area contributed by atoms with Crippen molar-refractivity contribution in [2.75, 3.05) is 21.3 Å². The molecule has 2 rings (SSSR count). The highest BCUT2D eigenvalue weighted by Crippen LogP contribution is 2.18. The van der Waals surface area contributed by atoms with Crippen LogP contribution in [0.2, 0.25) is 0 Å². The van der Waals surface area contributed by atoms with Crippen molar-refractivity contribution in [1.29, 1.82) is 0 Å². The van der Waals surface area contributed by atoms with Crippen molar-refractivity contribution in [3.05, 3.63) is 53.0 Å². The number of aryl methyl sites for hydroxylation is 1. The van der Waals surface area contributed by atoms with Gasteiger partial charge in [0.2, 0.25) is 0 Å². The lowest BCUT2D eigenvalue weighted by atomic mass is 10.2. The van der Waals surface area contributed by atoms with Gasteiger partial charge in [-0.25, -0.2) is 4.79 Å². The molecular formula is C17H19NO5. The molecule has 1 amide bonds. The second-order valence-electron chi connectivity index (χ2n) is 5.06. The minimum atomic E-state index is -0.457. The van der Waals surface area contributed by atoms with Crippen molar-refractivity contribution in [3.63, 3.8) is 0 Å². The van der Waals surface area contributed by atoms with E-state index < -0.39 is 5.97 Å². The van der Waals surface area contributed by atoms with E-state index in [0.717, 1.165) is 0 Å². The normalized spacial score (nSPS) is 10.3. The molecule has 6 nitrogen and oxygen atoms in total. The number of esters is 1. The SMILES string of the molecule is COC(=O)c1cc(CN(C)C(=O)c2ccc(OC)cc2)oc1C. The second kappa shape index (κ2) is 7.00. The van der Waals surface area contributed by atoms with Gasteiger partial charge < -0.3 is 18.8 Å². The van der Waals surface area contributed by atoms with Crippen LogP contribution in [-0.2, 0) is 11.3 Å². The zero-order chi connectivity index (χ0) is 17.0. The molecule has 0 N–H and O–H groups in total. The van der Waals surface area contributed by atoms with E-state index in [0.29, 0.717) is 28.4 Å². The van der Waals surface area contributed by atoms with Crippen molar-refractivity contribution in [2.45, 2.75) is 13.5 Å². The van der Waals surface area contributed by atoms with Crippen LogP contribution in [0.5, 0.6) is 5.75 Å². The molecule has 1 aromatic heterocycles. The summed E-state index contributed by atoms with van der Waals surface area (Å²) in [7, 11) is 4.55. The minimum absolute atomic E-state index is 0.152. The highest BCUT2D eigenvalue weighted by molar-refractivity contribution is 5.94. The molecule has 2 aromatic rings. The number of carbonyl (C=O) groups excluding carboxylic acids is 2. The number of hydrogen-bond acceptors (Lipinski definition) is 5.